The van der Waals surface area contributed by atoms with Crippen LogP contribution < -0.4 is 15.6 Å². The summed E-state index contributed by atoms with van der Waals surface area (Å²) in [4.78, 5) is 10.9. The molecule has 0 aliphatic carbocycles. The van der Waals surface area contributed by atoms with Gasteiger partial charge < -0.3 is 14.9 Å². The molecular formula is C18H21N3O5. The van der Waals surface area contributed by atoms with Crippen LogP contribution in [0.1, 0.15) is 23.1 Å². The second-order valence-electron chi connectivity index (χ2n) is 6.24. The molecule has 3 rings (SSSR count). The smallest absolute Gasteiger partial charge is 0.211 e. The van der Waals surface area contributed by atoms with Crippen LogP contribution in [0.25, 0.3) is 0 Å². The largest absolute Gasteiger partial charge is 0.508 e. The number of nitrogens with one attached hydrogen (secondary N) is 2. The quantitative estimate of drug-likeness (QED) is 0.457. The van der Waals surface area contributed by atoms with E-state index < -0.39 is 24.1 Å². The number of benzene rings is 2. The first-order valence-electron chi connectivity index (χ1n) is 8.24. The number of aromatic hydroxyl groups is 1. The molecule has 1 fully saturated rings. The first-order chi connectivity index (χ1) is 12.5. The maximum Gasteiger partial charge on any atom is 0.211 e. The van der Waals surface area contributed by atoms with Gasteiger partial charge in [0.2, 0.25) is 6.54 Å². The summed E-state index contributed by atoms with van der Waals surface area (Å²) in [5.41, 5.74) is 6.98. The van der Waals surface area contributed by atoms with Crippen LogP contribution in [-0.2, 0) is 0 Å². The number of nitro groups is 1. The topological polar surface area (TPSA) is 117 Å². The second-order valence-corrected chi connectivity index (χ2v) is 6.24. The van der Waals surface area contributed by atoms with Crippen molar-refractivity contribution in [3.05, 3.63) is 69.8 Å². The monoisotopic (exact) mass is 359 g/mol. The lowest BCUT2D eigenvalue weighted by molar-refractivity contribution is -0.485. The molecular weight excluding hydrogens is 338 g/mol. The van der Waals surface area contributed by atoms with Crippen molar-refractivity contribution in [3.63, 3.8) is 0 Å². The van der Waals surface area contributed by atoms with Gasteiger partial charge in [0.15, 0.2) is 0 Å². The SMILES string of the molecule is COc1ccc(C(C[N+](=O)[O-])C2C(O)NNC2c2ccccc2O)cc1. The fourth-order valence-corrected chi connectivity index (χ4v) is 3.50. The highest BCUT2D eigenvalue weighted by Gasteiger charge is 2.44. The van der Waals surface area contributed by atoms with E-state index in [9.17, 15) is 20.3 Å². The van der Waals surface area contributed by atoms with Crippen LogP contribution in [0.3, 0.4) is 0 Å². The van der Waals surface area contributed by atoms with Gasteiger partial charge in [0.25, 0.3) is 0 Å². The minimum absolute atomic E-state index is 0.0699. The molecule has 8 nitrogen and oxygen atoms in total. The number of phenolic OH excluding ortho intramolecular Hbond substituents is 1. The van der Waals surface area contributed by atoms with Gasteiger partial charge in [-0.1, -0.05) is 30.3 Å². The predicted octanol–water partition coefficient (Wildman–Crippen LogP) is 1.54. The zero-order valence-electron chi connectivity index (χ0n) is 14.2. The van der Waals surface area contributed by atoms with Crippen molar-refractivity contribution >= 4 is 0 Å². The number of methoxy groups -OCH3 is 1. The third-order valence-electron chi connectivity index (χ3n) is 4.76. The van der Waals surface area contributed by atoms with Crippen LogP contribution in [0.4, 0.5) is 0 Å². The molecule has 2 aromatic rings. The highest BCUT2D eigenvalue weighted by atomic mass is 16.6. The van der Waals surface area contributed by atoms with Crippen molar-refractivity contribution in [2.75, 3.05) is 13.7 Å². The molecule has 1 heterocycles. The number of ether oxygens (including phenoxy) is 1. The molecule has 0 saturated carbocycles. The number of aliphatic hydroxyl groups is 1. The lowest BCUT2D eigenvalue weighted by Crippen LogP contribution is -2.34. The van der Waals surface area contributed by atoms with Crippen LogP contribution >= 0.6 is 0 Å². The Morgan fingerprint density at radius 3 is 2.50 bits per heavy atom. The van der Waals surface area contributed by atoms with Crippen LogP contribution in [0.15, 0.2) is 48.5 Å². The van der Waals surface area contributed by atoms with E-state index in [0.717, 1.165) is 5.56 Å². The molecule has 4 N–H and O–H groups in total. The van der Waals surface area contributed by atoms with Crippen molar-refractivity contribution in [1.29, 1.82) is 0 Å². The number of hydrazine groups is 1. The van der Waals surface area contributed by atoms with Gasteiger partial charge >= 0.3 is 0 Å². The van der Waals surface area contributed by atoms with Crippen molar-refractivity contribution < 1.29 is 19.9 Å². The highest BCUT2D eigenvalue weighted by Crippen LogP contribution is 2.41. The minimum atomic E-state index is -1.01. The summed E-state index contributed by atoms with van der Waals surface area (Å²) >= 11 is 0. The molecule has 0 spiro atoms. The van der Waals surface area contributed by atoms with Crippen LogP contribution in [0.5, 0.6) is 11.5 Å². The van der Waals surface area contributed by atoms with E-state index in [4.69, 9.17) is 4.74 Å². The number of rotatable bonds is 6. The Hall–Kier alpha value is -2.68. The van der Waals surface area contributed by atoms with E-state index in [1.165, 1.54) is 0 Å². The third-order valence-corrected chi connectivity index (χ3v) is 4.76. The summed E-state index contributed by atoms with van der Waals surface area (Å²) in [6.45, 7) is -0.346. The maximum absolute atomic E-state index is 11.3. The molecule has 1 aliphatic heterocycles. The molecule has 0 bridgehead atoms. The molecule has 138 valence electrons. The third kappa shape index (κ3) is 3.62. The molecule has 4 atom stereocenters. The zero-order chi connectivity index (χ0) is 18.7. The molecule has 1 saturated heterocycles. The van der Waals surface area contributed by atoms with Crippen molar-refractivity contribution in [1.82, 2.24) is 10.9 Å². The summed E-state index contributed by atoms with van der Waals surface area (Å²) < 4.78 is 5.14. The molecule has 8 heteroatoms. The molecule has 0 radical (unpaired) electrons. The molecule has 4 unspecified atom stereocenters. The molecule has 1 aliphatic rings. The first-order valence-corrected chi connectivity index (χ1v) is 8.24. The van der Waals surface area contributed by atoms with Crippen LogP contribution in [0.2, 0.25) is 0 Å². The summed E-state index contributed by atoms with van der Waals surface area (Å²) in [5, 5.41) is 31.9. The average Bonchev–Trinajstić information content (AvgIpc) is 3.01. The van der Waals surface area contributed by atoms with E-state index in [2.05, 4.69) is 10.9 Å². The van der Waals surface area contributed by atoms with Crippen LogP contribution in [-0.4, -0.2) is 35.0 Å². The summed E-state index contributed by atoms with van der Waals surface area (Å²) in [6.07, 6.45) is -1.01. The number of para-hydroxylation sites is 1. The number of nitrogens with zero attached hydrogens (tertiary/aromatic N) is 1. The van der Waals surface area contributed by atoms with Crippen molar-refractivity contribution in [2.24, 2.45) is 5.92 Å². The van der Waals surface area contributed by atoms with Gasteiger partial charge in [-0.15, -0.1) is 0 Å². The Balaban J connectivity index is 1.99. The number of hydrogen-bond donors (Lipinski definition) is 4. The summed E-state index contributed by atoms with van der Waals surface area (Å²) in [7, 11) is 1.55. The van der Waals surface area contributed by atoms with Gasteiger partial charge in [-0.25, -0.2) is 10.9 Å². The van der Waals surface area contributed by atoms with Crippen molar-refractivity contribution in [2.45, 2.75) is 18.2 Å². The van der Waals surface area contributed by atoms with Gasteiger partial charge in [-0.3, -0.25) is 10.1 Å². The molecule has 0 amide bonds. The standard InChI is InChI=1S/C18H21N3O5/c1-26-12-8-6-11(7-9-12)14(10-21(24)25)16-17(19-20-18(16)23)13-4-2-3-5-15(13)22/h2-9,14,16-20,22-23H,10H2,1H3. The summed E-state index contributed by atoms with van der Waals surface area (Å²) in [5.74, 6) is -0.408. The Bertz CT molecular complexity index is 768. The molecule has 26 heavy (non-hydrogen) atoms. The van der Waals surface area contributed by atoms with Crippen LogP contribution in [0, 0.1) is 16.0 Å². The normalized spacial score (nSPS) is 23.5. The second kappa shape index (κ2) is 7.69. The van der Waals surface area contributed by atoms with Gasteiger partial charge in [0.1, 0.15) is 17.7 Å². The number of phenols is 1. The minimum Gasteiger partial charge on any atom is -0.508 e. The van der Waals surface area contributed by atoms with E-state index in [-0.39, 0.29) is 17.2 Å². The van der Waals surface area contributed by atoms with E-state index >= 15 is 0 Å². The molecule has 0 aromatic heterocycles. The lowest BCUT2D eigenvalue weighted by Gasteiger charge is -2.28. The maximum atomic E-state index is 11.3. The highest BCUT2D eigenvalue weighted by molar-refractivity contribution is 5.37. The molecule has 2 aromatic carbocycles. The van der Waals surface area contributed by atoms with E-state index in [1.54, 1.807) is 55.6 Å². The van der Waals surface area contributed by atoms with Gasteiger partial charge in [-0.05, 0) is 23.8 Å². The Morgan fingerprint density at radius 1 is 1.19 bits per heavy atom. The fraction of sp³-hybridized carbons (Fsp3) is 0.333. The first kappa shape index (κ1) is 18.1. The number of hydrogen-bond acceptors (Lipinski definition) is 7. The van der Waals surface area contributed by atoms with E-state index in [0.29, 0.717) is 11.3 Å². The fourth-order valence-electron chi connectivity index (χ4n) is 3.50. The van der Waals surface area contributed by atoms with Gasteiger partial charge in [0.05, 0.1) is 19.1 Å². The zero-order valence-corrected chi connectivity index (χ0v) is 14.2. The van der Waals surface area contributed by atoms with Gasteiger partial charge in [0, 0.05) is 16.4 Å². The Morgan fingerprint density at radius 2 is 1.88 bits per heavy atom. The predicted molar refractivity (Wildman–Crippen MR) is 94.2 cm³/mol. The average molecular weight is 359 g/mol. The Labute approximate surface area is 150 Å². The Kier molecular flexibility index (Phi) is 5.36. The van der Waals surface area contributed by atoms with Crippen molar-refractivity contribution in [3.8, 4) is 11.5 Å². The van der Waals surface area contributed by atoms with E-state index in [1.807, 2.05) is 0 Å². The lowest BCUT2D eigenvalue weighted by atomic mass is 9.78. The van der Waals surface area contributed by atoms with Gasteiger partial charge in [-0.2, -0.15) is 0 Å². The summed E-state index contributed by atoms with van der Waals surface area (Å²) in [6, 6.07) is 13.3. The number of aliphatic hydroxyl groups excluding tert-OH is 1.